The maximum atomic E-state index is 14.6. The predicted molar refractivity (Wildman–Crippen MR) is 237 cm³/mol. The van der Waals surface area contributed by atoms with Gasteiger partial charge in [0.15, 0.2) is 5.96 Å². The van der Waals surface area contributed by atoms with Crippen LogP contribution in [0.5, 0.6) is 0 Å². The Labute approximate surface area is 358 Å². The number of aromatic nitrogens is 1. The van der Waals surface area contributed by atoms with Crippen molar-refractivity contribution in [1.29, 1.82) is 0 Å². The standard InChI is InChI=1S/C45H66N10O6/c1-5-6-18-38(58)54-45(21-19-32(20-22-45)43(2,3)4)41(61)53-36(24-30-13-8-7-9-14-30)39(59)52-35(17-12-23-50-42(47)48)40(60)55-44(29-56,28-49-27-37(46)57)25-31-26-51-34-16-11-10-15-33(31)34/h7-11,13-16,26,29,32,35-36,49,51H,5-6,12,17-25,27-28H2,1-4H3,(H2,46,57)(H,52,59)(H,53,61)(H,54,58)(H,55,60)(H4,47,48,50)/t32?,35-,36+,44+,45?/m0/s1. The van der Waals surface area contributed by atoms with Crippen LogP contribution >= 0.6 is 0 Å². The molecule has 3 aromatic rings. The average molecular weight is 843 g/mol. The summed E-state index contributed by atoms with van der Waals surface area (Å²) < 4.78 is 0. The highest BCUT2D eigenvalue weighted by Crippen LogP contribution is 2.42. The molecule has 1 fully saturated rings. The molecule has 1 aromatic heterocycles. The first-order valence-electron chi connectivity index (χ1n) is 21.3. The molecule has 0 aliphatic heterocycles. The van der Waals surface area contributed by atoms with Crippen molar-refractivity contribution in [3.63, 3.8) is 0 Å². The first-order valence-corrected chi connectivity index (χ1v) is 21.3. The minimum Gasteiger partial charge on any atom is -0.370 e. The Balaban J connectivity index is 1.66. The SMILES string of the molecule is CCCCC(=O)NC1(C(=O)N[C@H](Cc2ccccc2)C(=O)N[C@@H](CCCN=C(N)N)C(=O)N[C@@](C=O)(CNCC(N)=O)Cc2c[nH]c3ccccc23)CCC(C(C)(C)C)CC1. The van der Waals surface area contributed by atoms with Crippen LogP contribution in [0.4, 0.5) is 0 Å². The van der Waals surface area contributed by atoms with Crippen LogP contribution in [0.15, 0.2) is 65.8 Å². The van der Waals surface area contributed by atoms with E-state index in [0.29, 0.717) is 44.3 Å². The van der Waals surface area contributed by atoms with E-state index in [1.54, 1.807) is 6.20 Å². The van der Waals surface area contributed by atoms with Gasteiger partial charge in [-0.1, -0.05) is 82.6 Å². The van der Waals surface area contributed by atoms with Gasteiger partial charge in [0.05, 0.1) is 6.54 Å². The number of hydrogen-bond donors (Lipinski definition) is 9. The number of guanidine groups is 1. The summed E-state index contributed by atoms with van der Waals surface area (Å²) in [5.41, 5.74) is 16.0. The number of primary amides is 1. The number of rotatable bonds is 23. The molecule has 332 valence electrons. The third-order valence-electron chi connectivity index (χ3n) is 11.6. The lowest BCUT2D eigenvalue weighted by Gasteiger charge is -2.44. The summed E-state index contributed by atoms with van der Waals surface area (Å²) in [5, 5.41) is 15.6. The summed E-state index contributed by atoms with van der Waals surface area (Å²) in [6, 6.07) is 14.3. The van der Waals surface area contributed by atoms with Gasteiger partial charge in [0.1, 0.15) is 29.4 Å². The molecule has 0 saturated heterocycles. The van der Waals surface area contributed by atoms with Gasteiger partial charge in [0, 0.05) is 49.5 Å². The van der Waals surface area contributed by atoms with E-state index >= 15 is 0 Å². The zero-order chi connectivity index (χ0) is 44.6. The normalized spacial score (nSPS) is 18.5. The van der Waals surface area contributed by atoms with Crippen molar-refractivity contribution in [1.82, 2.24) is 31.6 Å². The number of H-pyrrole nitrogens is 1. The summed E-state index contributed by atoms with van der Waals surface area (Å²) in [6.45, 7) is 8.25. The molecule has 61 heavy (non-hydrogen) atoms. The first kappa shape index (κ1) is 47.9. The van der Waals surface area contributed by atoms with Gasteiger partial charge in [-0.2, -0.15) is 0 Å². The lowest BCUT2D eigenvalue weighted by molar-refractivity contribution is -0.139. The van der Waals surface area contributed by atoms with Crippen LogP contribution in [0.1, 0.15) is 96.6 Å². The molecular formula is C45H66N10O6. The number of para-hydroxylation sites is 1. The van der Waals surface area contributed by atoms with Gasteiger partial charge in [0.2, 0.25) is 29.5 Å². The van der Waals surface area contributed by atoms with E-state index < -0.39 is 46.8 Å². The quantitative estimate of drug-likeness (QED) is 0.0293. The number of hydrogen-bond acceptors (Lipinski definition) is 8. The van der Waals surface area contributed by atoms with E-state index in [0.717, 1.165) is 28.5 Å². The van der Waals surface area contributed by atoms with E-state index in [4.69, 9.17) is 17.2 Å². The molecule has 16 heteroatoms. The highest BCUT2D eigenvalue weighted by molar-refractivity contribution is 5.97. The lowest BCUT2D eigenvalue weighted by atomic mass is 9.67. The van der Waals surface area contributed by atoms with Crippen LogP contribution in [0, 0.1) is 11.3 Å². The molecule has 16 nitrogen and oxygen atoms in total. The van der Waals surface area contributed by atoms with E-state index in [1.165, 1.54) is 0 Å². The van der Waals surface area contributed by atoms with E-state index in [1.807, 2.05) is 61.5 Å². The fourth-order valence-electron chi connectivity index (χ4n) is 8.07. The molecule has 0 bridgehead atoms. The molecule has 5 amide bonds. The maximum Gasteiger partial charge on any atom is 0.246 e. The fraction of sp³-hybridized carbons (Fsp3) is 0.533. The number of nitrogens with two attached hydrogens (primary N) is 3. The number of aromatic amines is 1. The molecule has 0 spiro atoms. The second-order valence-corrected chi connectivity index (χ2v) is 17.5. The summed E-state index contributed by atoms with van der Waals surface area (Å²) >= 11 is 0. The molecular weight excluding hydrogens is 777 g/mol. The Bertz CT molecular complexity index is 1980. The highest BCUT2D eigenvalue weighted by Gasteiger charge is 2.46. The number of aldehydes is 1. The van der Waals surface area contributed by atoms with Crippen LogP contribution in [0.25, 0.3) is 10.9 Å². The zero-order valence-corrected chi connectivity index (χ0v) is 36.1. The first-order chi connectivity index (χ1) is 29.0. The molecule has 0 unspecified atom stereocenters. The van der Waals surface area contributed by atoms with Crippen LogP contribution in [0.2, 0.25) is 0 Å². The van der Waals surface area contributed by atoms with Gasteiger partial charge < -0.3 is 53.6 Å². The van der Waals surface area contributed by atoms with Crippen molar-refractivity contribution in [2.24, 2.45) is 33.5 Å². The van der Waals surface area contributed by atoms with Crippen molar-refractivity contribution in [2.75, 3.05) is 19.6 Å². The number of amides is 5. The number of fused-ring (bicyclic) bond motifs is 1. The maximum absolute atomic E-state index is 14.6. The monoisotopic (exact) mass is 843 g/mol. The zero-order valence-electron chi connectivity index (χ0n) is 36.1. The molecule has 4 rings (SSSR count). The van der Waals surface area contributed by atoms with Gasteiger partial charge in [-0.3, -0.25) is 29.0 Å². The lowest BCUT2D eigenvalue weighted by Crippen LogP contribution is -2.65. The molecule has 12 N–H and O–H groups in total. The Morgan fingerprint density at radius 1 is 0.918 bits per heavy atom. The van der Waals surface area contributed by atoms with Crippen LogP contribution in [-0.2, 0) is 41.6 Å². The third kappa shape index (κ3) is 14.2. The van der Waals surface area contributed by atoms with E-state index in [-0.39, 0.29) is 69.0 Å². The largest absolute Gasteiger partial charge is 0.370 e. The smallest absolute Gasteiger partial charge is 0.246 e. The molecule has 0 radical (unpaired) electrons. The molecule has 1 heterocycles. The predicted octanol–water partition coefficient (Wildman–Crippen LogP) is 2.39. The Morgan fingerprint density at radius 2 is 1.61 bits per heavy atom. The van der Waals surface area contributed by atoms with Crippen molar-refractivity contribution < 1.29 is 28.8 Å². The number of unbranched alkanes of at least 4 members (excludes halogenated alkanes) is 1. The van der Waals surface area contributed by atoms with Gasteiger partial charge in [0.25, 0.3) is 0 Å². The van der Waals surface area contributed by atoms with Crippen LogP contribution in [-0.4, -0.2) is 89.6 Å². The molecule has 1 saturated carbocycles. The third-order valence-corrected chi connectivity index (χ3v) is 11.6. The van der Waals surface area contributed by atoms with Crippen molar-refractivity contribution in [3.8, 4) is 0 Å². The summed E-state index contributed by atoms with van der Waals surface area (Å²) in [5.74, 6) is -2.46. The van der Waals surface area contributed by atoms with Gasteiger partial charge in [-0.05, 0) is 73.5 Å². The number of nitrogens with one attached hydrogen (secondary N) is 6. The fourth-order valence-corrected chi connectivity index (χ4v) is 8.07. The van der Waals surface area contributed by atoms with Crippen LogP contribution in [0.3, 0.4) is 0 Å². The topological polar surface area (TPSA) is 269 Å². The minimum atomic E-state index is -1.59. The average Bonchev–Trinajstić information content (AvgIpc) is 3.62. The van der Waals surface area contributed by atoms with Gasteiger partial charge >= 0.3 is 0 Å². The Hall–Kier alpha value is -5.77. The summed E-state index contributed by atoms with van der Waals surface area (Å²) in [7, 11) is 0. The molecule has 2 aromatic carbocycles. The number of aliphatic imine (C=N–C) groups is 1. The van der Waals surface area contributed by atoms with E-state index in [2.05, 4.69) is 57.3 Å². The van der Waals surface area contributed by atoms with Crippen molar-refractivity contribution in [3.05, 3.63) is 71.9 Å². The summed E-state index contributed by atoms with van der Waals surface area (Å²) in [6.07, 6.45) is 6.81. The van der Waals surface area contributed by atoms with E-state index in [9.17, 15) is 28.8 Å². The number of benzene rings is 2. The number of carbonyl (C=O) groups is 6. The Morgan fingerprint density at radius 3 is 2.25 bits per heavy atom. The van der Waals surface area contributed by atoms with Crippen LogP contribution < -0.4 is 43.8 Å². The molecule has 1 aliphatic carbocycles. The summed E-state index contributed by atoms with van der Waals surface area (Å²) in [4.78, 5) is 88.9. The molecule has 1 aliphatic rings. The Kier molecular flexibility index (Phi) is 17.4. The minimum absolute atomic E-state index is 0.0100. The molecule has 3 atom stereocenters. The van der Waals surface area contributed by atoms with Crippen molar-refractivity contribution >= 4 is 52.7 Å². The van der Waals surface area contributed by atoms with Gasteiger partial charge in [-0.15, -0.1) is 0 Å². The van der Waals surface area contributed by atoms with Gasteiger partial charge in [-0.25, -0.2) is 0 Å². The second-order valence-electron chi connectivity index (χ2n) is 17.5. The highest BCUT2D eigenvalue weighted by atomic mass is 16.2. The van der Waals surface area contributed by atoms with Crippen molar-refractivity contribution in [2.45, 2.75) is 121 Å². The number of carbonyl (C=O) groups excluding carboxylic acids is 6. The second kappa shape index (κ2) is 22.2. The number of nitrogens with zero attached hydrogens (tertiary/aromatic N) is 1.